The van der Waals surface area contributed by atoms with Crippen molar-refractivity contribution in [3.8, 4) is 17.3 Å². The molecule has 2 aromatic rings. The van der Waals surface area contributed by atoms with Crippen molar-refractivity contribution in [2.75, 3.05) is 6.26 Å². The highest BCUT2D eigenvalue weighted by Crippen LogP contribution is 2.26. The largest absolute Gasteiger partial charge is 0.271 e. The fraction of sp³-hybridized carbons (Fsp3) is 0.176. The molecule has 0 spiro atoms. The monoisotopic (exact) mass is 295 g/mol. The molecule has 0 unspecified atom stereocenters. The van der Waals surface area contributed by atoms with E-state index < -0.39 is 0 Å². The number of amidine groups is 1. The Bertz CT molecular complexity index is 714. The van der Waals surface area contributed by atoms with E-state index in [4.69, 9.17) is 5.26 Å². The van der Waals surface area contributed by atoms with Gasteiger partial charge >= 0.3 is 0 Å². The van der Waals surface area contributed by atoms with Gasteiger partial charge in [-0.15, -0.1) is 0 Å². The zero-order chi connectivity index (χ0) is 15.2. The Morgan fingerprint density at radius 3 is 2.52 bits per heavy atom. The molecule has 21 heavy (non-hydrogen) atoms. The van der Waals surface area contributed by atoms with Crippen molar-refractivity contribution in [1.82, 2.24) is 5.32 Å². The zero-order valence-corrected chi connectivity index (χ0v) is 13.2. The van der Waals surface area contributed by atoms with Gasteiger partial charge < -0.3 is 0 Å². The maximum absolute atomic E-state index is 8.68. The molecule has 0 amide bonds. The Balaban J connectivity index is 2.37. The lowest BCUT2D eigenvalue weighted by Gasteiger charge is -2.07. The Morgan fingerprint density at radius 1 is 1.10 bits per heavy atom. The van der Waals surface area contributed by atoms with Gasteiger partial charge in [0.2, 0.25) is 0 Å². The van der Waals surface area contributed by atoms with Crippen LogP contribution in [0.3, 0.4) is 0 Å². The summed E-state index contributed by atoms with van der Waals surface area (Å²) < 4.78 is 0. The first-order valence-corrected chi connectivity index (χ1v) is 7.82. The van der Waals surface area contributed by atoms with Gasteiger partial charge in [0.25, 0.3) is 0 Å². The summed E-state index contributed by atoms with van der Waals surface area (Å²) >= 11 is 1.41. The van der Waals surface area contributed by atoms with Gasteiger partial charge in [0, 0.05) is 0 Å². The number of nitrogens with zero attached hydrogens (tertiary/aromatic N) is 2. The Morgan fingerprint density at radius 2 is 1.86 bits per heavy atom. The summed E-state index contributed by atoms with van der Waals surface area (Å²) in [7, 11) is 0. The minimum atomic E-state index is 0.592. The lowest BCUT2D eigenvalue weighted by Crippen LogP contribution is -2.12. The number of thioether (sulfide) groups is 1. The molecule has 0 heterocycles. The third-order valence-electron chi connectivity index (χ3n) is 3.27. The standard InChI is InChI=1S/C17H17N3S/c1-12-7-8-15(9-13(12)2)14-5-4-6-16(10-14)20-17(21-3)19-11-18/h4-10H,1-3H3,(H,19,20). The summed E-state index contributed by atoms with van der Waals surface area (Å²) in [6.45, 7) is 4.22. The molecule has 0 aromatic heterocycles. The van der Waals surface area contributed by atoms with Crippen LogP contribution in [0.4, 0.5) is 5.69 Å². The summed E-state index contributed by atoms with van der Waals surface area (Å²) in [4.78, 5) is 4.44. The highest BCUT2D eigenvalue weighted by Gasteiger charge is 2.02. The summed E-state index contributed by atoms with van der Waals surface area (Å²) in [5.74, 6) is 0. The molecule has 2 aromatic carbocycles. The Labute approximate surface area is 129 Å². The molecule has 0 fully saturated rings. The lowest BCUT2D eigenvalue weighted by molar-refractivity contribution is 1.28. The predicted molar refractivity (Wildman–Crippen MR) is 90.7 cm³/mol. The quantitative estimate of drug-likeness (QED) is 0.387. The molecule has 0 atom stereocenters. The summed E-state index contributed by atoms with van der Waals surface area (Å²) in [5, 5.41) is 11.8. The molecule has 106 valence electrons. The molecular formula is C17H17N3S. The lowest BCUT2D eigenvalue weighted by atomic mass is 10.0. The van der Waals surface area contributed by atoms with Crippen LogP contribution in [0.25, 0.3) is 11.1 Å². The molecule has 0 aliphatic heterocycles. The normalized spacial score (nSPS) is 11.0. The van der Waals surface area contributed by atoms with Crippen LogP contribution in [0.5, 0.6) is 0 Å². The number of nitrogens with one attached hydrogen (secondary N) is 1. The van der Waals surface area contributed by atoms with Crippen LogP contribution < -0.4 is 5.32 Å². The van der Waals surface area contributed by atoms with Crippen molar-refractivity contribution < 1.29 is 0 Å². The van der Waals surface area contributed by atoms with Gasteiger partial charge in [0.05, 0.1) is 5.69 Å². The van der Waals surface area contributed by atoms with Gasteiger partial charge in [0.15, 0.2) is 11.4 Å². The maximum Gasteiger partial charge on any atom is 0.183 e. The molecule has 3 nitrogen and oxygen atoms in total. The average Bonchev–Trinajstić information content (AvgIpc) is 2.50. The minimum Gasteiger partial charge on any atom is -0.271 e. The van der Waals surface area contributed by atoms with Crippen LogP contribution in [0, 0.1) is 25.3 Å². The number of nitriles is 1. The van der Waals surface area contributed by atoms with Crippen molar-refractivity contribution in [3.63, 3.8) is 0 Å². The van der Waals surface area contributed by atoms with Crippen molar-refractivity contribution in [1.29, 1.82) is 5.26 Å². The first-order chi connectivity index (χ1) is 10.1. The van der Waals surface area contributed by atoms with E-state index >= 15 is 0 Å². The van der Waals surface area contributed by atoms with E-state index in [-0.39, 0.29) is 0 Å². The highest BCUT2D eigenvalue weighted by molar-refractivity contribution is 8.13. The van der Waals surface area contributed by atoms with Gasteiger partial charge in [-0.05, 0) is 54.5 Å². The van der Waals surface area contributed by atoms with Crippen molar-refractivity contribution >= 4 is 22.6 Å². The molecule has 1 N–H and O–H groups in total. The van der Waals surface area contributed by atoms with Crippen LogP contribution in [0.2, 0.25) is 0 Å². The SMILES string of the molecule is CSC(=Nc1cccc(-c2ccc(C)c(C)c2)c1)NC#N. The van der Waals surface area contributed by atoms with Crippen molar-refractivity contribution in [2.45, 2.75) is 13.8 Å². The van der Waals surface area contributed by atoms with Crippen LogP contribution in [0.1, 0.15) is 11.1 Å². The van der Waals surface area contributed by atoms with E-state index in [0.29, 0.717) is 5.17 Å². The number of benzene rings is 2. The summed E-state index contributed by atoms with van der Waals surface area (Å²) in [5.41, 5.74) is 5.69. The molecular weight excluding hydrogens is 278 g/mol. The number of hydrogen-bond acceptors (Lipinski definition) is 3. The first-order valence-electron chi connectivity index (χ1n) is 6.59. The topological polar surface area (TPSA) is 48.2 Å². The third-order valence-corrected chi connectivity index (χ3v) is 3.85. The van der Waals surface area contributed by atoms with Gasteiger partial charge in [-0.2, -0.15) is 5.26 Å². The smallest absolute Gasteiger partial charge is 0.183 e. The van der Waals surface area contributed by atoms with Crippen molar-refractivity contribution in [2.24, 2.45) is 4.99 Å². The van der Waals surface area contributed by atoms with E-state index in [1.54, 1.807) is 0 Å². The molecule has 0 aliphatic carbocycles. The number of hydrogen-bond donors (Lipinski definition) is 1. The minimum absolute atomic E-state index is 0.592. The third kappa shape index (κ3) is 3.87. The molecule has 0 saturated heterocycles. The number of aryl methyl sites for hydroxylation is 2. The highest BCUT2D eigenvalue weighted by atomic mass is 32.2. The van der Waals surface area contributed by atoms with E-state index in [0.717, 1.165) is 11.3 Å². The molecule has 0 bridgehead atoms. The molecule has 0 aliphatic rings. The number of aliphatic imine (C=N–C) groups is 1. The van der Waals surface area contributed by atoms with Gasteiger partial charge in [0.1, 0.15) is 0 Å². The van der Waals surface area contributed by atoms with Crippen LogP contribution in [-0.2, 0) is 0 Å². The second kappa shape index (κ2) is 6.96. The van der Waals surface area contributed by atoms with E-state index in [1.165, 1.54) is 28.5 Å². The maximum atomic E-state index is 8.68. The second-order valence-electron chi connectivity index (χ2n) is 4.71. The Hall–Kier alpha value is -2.25. The molecule has 2 rings (SSSR count). The van der Waals surface area contributed by atoms with Crippen molar-refractivity contribution in [3.05, 3.63) is 53.6 Å². The van der Waals surface area contributed by atoms with Crippen LogP contribution in [0.15, 0.2) is 47.5 Å². The van der Waals surface area contributed by atoms with E-state index in [1.807, 2.05) is 30.6 Å². The van der Waals surface area contributed by atoms with Gasteiger partial charge in [-0.25, -0.2) is 4.99 Å². The van der Waals surface area contributed by atoms with Gasteiger partial charge in [-0.3, -0.25) is 5.32 Å². The predicted octanol–water partition coefficient (Wildman–Crippen LogP) is 4.39. The van der Waals surface area contributed by atoms with E-state index in [2.05, 4.69) is 48.4 Å². The Kier molecular flexibility index (Phi) is 5.02. The first kappa shape index (κ1) is 15.1. The fourth-order valence-electron chi connectivity index (χ4n) is 1.97. The average molecular weight is 295 g/mol. The van der Waals surface area contributed by atoms with Crippen LogP contribution in [-0.4, -0.2) is 11.4 Å². The summed E-state index contributed by atoms with van der Waals surface area (Å²) in [6.07, 6.45) is 3.78. The van der Waals surface area contributed by atoms with Crippen LogP contribution >= 0.6 is 11.8 Å². The van der Waals surface area contributed by atoms with Gasteiger partial charge in [-0.1, -0.05) is 42.1 Å². The fourth-order valence-corrected chi connectivity index (χ4v) is 2.31. The number of rotatable bonds is 2. The molecule has 0 saturated carbocycles. The zero-order valence-electron chi connectivity index (χ0n) is 12.3. The molecule has 4 heteroatoms. The second-order valence-corrected chi connectivity index (χ2v) is 5.50. The molecule has 0 radical (unpaired) electrons. The summed E-state index contributed by atoms with van der Waals surface area (Å²) in [6, 6.07) is 14.4. The van der Waals surface area contributed by atoms with E-state index in [9.17, 15) is 0 Å².